The van der Waals surface area contributed by atoms with Crippen molar-refractivity contribution < 1.29 is 27.9 Å². The molecule has 0 atom stereocenters. The molecule has 8 bridgehead atoms. The highest BCUT2D eigenvalue weighted by atomic mass is 32.2. The van der Waals surface area contributed by atoms with Crippen molar-refractivity contribution >= 4 is 67.9 Å². The maximum absolute atomic E-state index is 11.1. The Hall–Kier alpha value is -6.45. The standard InChI is InChI=1S/C26H18N4O.C6H4N2O7S/c31-26-24-15-22-11-9-20(29-22)13-18-7-6-17(27-18)12-19-8-10-21(28-19)14-23(30-24)25(26)16-4-2-1-3-5-16;9-7(10)4-1-2-6(16(13,14)15)5(3-4)8(11)12/h1-15,27,30-31H;1-3H,(H,13,14,15). The summed E-state index contributed by atoms with van der Waals surface area (Å²) in [6.07, 6.45) is 7.86. The molecule has 2 aliphatic rings. The number of benzene rings is 2. The van der Waals surface area contributed by atoms with Crippen molar-refractivity contribution in [3.63, 3.8) is 0 Å². The molecule has 5 heterocycles. The van der Waals surface area contributed by atoms with Crippen LogP contribution in [0.3, 0.4) is 0 Å². The molecule has 15 heteroatoms. The second-order valence-electron chi connectivity index (χ2n) is 10.2. The van der Waals surface area contributed by atoms with Crippen molar-refractivity contribution in [2.45, 2.75) is 4.90 Å². The van der Waals surface area contributed by atoms with Gasteiger partial charge >= 0.3 is 10.1 Å². The van der Waals surface area contributed by atoms with Crippen LogP contribution in [0.15, 0.2) is 89.8 Å². The minimum absolute atomic E-state index is 0.197. The lowest BCUT2D eigenvalue weighted by molar-refractivity contribution is -0.396. The average molecular weight is 651 g/mol. The van der Waals surface area contributed by atoms with Crippen LogP contribution in [0.25, 0.3) is 57.5 Å². The molecule has 234 valence electrons. The van der Waals surface area contributed by atoms with Crippen molar-refractivity contribution in [2.75, 3.05) is 0 Å². The quantitative estimate of drug-likeness (QED) is 0.0889. The number of nitro benzene ring substituents is 2. The second kappa shape index (κ2) is 12.2. The van der Waals surface area contributed by atoms with E-state index in [0.717, 1.165) is 56.5 Å². The number of fused-ring (bicyclic) bond motifs is 8. The van der Waals surface area contributed by atoms with Gasteiger partial charge in [0.15, 0.2) is 4.90 Å². The third-order valence-corrected chi connectivity index (χ3v) is 7.91. The number of non-ortho nitro benzene ring substituents is 1. The second-order valence-corrected chi connectivity index (χ2v) is 11.6. The van der Waals surface area contributed by atoms with Gasteiger partial charge in [0.05, 0.1) is 49.7 Å². The van der Waals surface area contributed by atoms with Gasteiger partial charge in [-0.3, -0.25) is 24.8 Å². The number of rotatable bonds is 4. The molecule has 0 aliphatic carbocycles. The van der Waals surface area contributed by atoms with Gasteiger partial charge in [-0.2, -0.15) is 8.42 Å². The Balaban J connectivity index is 0.000000205. The van der Waals surface area contributed by atoms with Gasteiger partial charge in [-0.25, -0.2) is 9.97 Å². The van der Waals surface area contributed by atoms with Crippen LogP contribution in [0.1, 0.15) is 22.8 Å². The summed E-state index contributed by atoms with van der Waals surface area (Å²) in [6.45, 7) is 0. The van der Waals surface area contributed by atoms with E-state index in [9.17, 15) is 33.8 Å². The summed E-state index contributed by atoms with van der Waals surface area (Å²) < 4.78 is 30.1. The van der Waals surface area contributed by atoms with Gasteiger partial charge in [0.25, 0.3) is 11.4 Å². The van der Waals surface area contributed by atoms with Gasteiger partial charge in [-0.15, -0.1) is 0 Å². The van der Waals surface area contributed by atoms with E-state index in [1.165, 1.54) is 0 Å². The maximum Gasteiger partial charge on any atom is 0.301 e. The summed E-state index contributed by atoms with van der Waals surface area (Å²) in [5.74, 6) is 0.197. The number of aromatic hydroxyl groups is 1. The Morgan fingerprint density at radius 3 is 1.74 bits per heavy atom. The Morgan fingerprint density at radius 2 is 1.21 bits per heavy atom. The third kappa shape index (κ3) is 6.65. The van der Waals surface area contributed by atoms with Gasteiger partial charge in [0.1, 0.15) is 5.75 Å². The molecule has 0 saturated heterocycles. The lowest BCUT2D eigenvalue weighted by Crippen LogP contribution is -2.04. The van der Waals surface area contributed by atoms with E-state index in [2.05, 4.69) is 15.0 Å². The molecule has 0 unspecified atom stereocenters. The maximum atomic E-state index is 11.1. The SMILES string of the molecule is O=[N+]([O-])c1ccc(S(=O)(=O)O)c([N+](=O)[O-])c1.Oc1c(-c2ccccc2)c2cc3nc(cc4ccc(cc5nc(cc1[nH]2)C=C5)[nH]4)C=C3. The predicted molar refractivity (Wildman–Crippen MR) is 176 cm³/mol. The van der Waals surface area contributed by atoms with Crippen LogP contribution in [0.2, 0.25) is 0 Å². The first-order chi connectivity index (χ1) is 22.4. The highest BCUT2D eigenvalue weighted by Gasteiger charge is 2.27. The Labute approximate surface area is 265 Å². The third-order valence-electron chi connectivity index (χ3n) is 7.01. The molecule has 2 aliphatic heterocycles. The number of aromatic nitrogens is 4. The van der Waals surface area contributed by atoms with Crippen LogP contribution in [0.4, 0.5) is 11.4 Å². The average Bonchev–Trinajstić information content (AvgIpc) is 3.83. The highest BCUT2D eigenvalue weighted by Crippen LogP contribution is 2.37. The number of nitrogens with zero attached hydrogens (tertiary/aromatic N) is 4. The first-order valence-corrected chi connectivity index (χ1v) is 15.1. The smallest absolute Gasteiger partial charge is 0.301 e. The zero-order chi connectivity index (χ0) is 33.3. The Morgan fingerprint density at radius 1 is 0.660 bits per heavy atom. The van der Waals surface area contributed by atoms with Crippen LogP contribution >= 0.6 is 0 Å². The summed E-state index contributed by atoms with van der Waals surface area (Å²) in [6, 6.07) is 23.5. The number of H-pyrrole nitrogens is 2. The molecule has 0 radical (unpaired) electrons. The van der Waals surface area contributed by atoms with Crippen LogP contribution in [-0.4, -0.2) is 47.9 Å². The molecule has 0 amide bonds. The largest absolute Gasteiger partial charge is 0.505 e. The van der Waals surface area contributed by atoms with E-state index in [4.69, 9.17) is 9.54 Å². The molecule has 3 aromatic heterocycles. The van der Waals surface area contributed by atoms with Gasteiger partial charge in [-0.05, 0) is 72.3 Å². The molecule has 0 saturated carbocycles. The summed E-state index contributed by atoms with van der Waals surface area (Å²) >= 11 is 0. The number of hydrogen-bond donors (Lipinski definition) is 4. The molecule has 0 fully saturated rings. The molecule has 2 aromatic carbocycles. The number of nitro groups is 2. The van der Waals surface area contributed by atoms with Crippen molar-refractivity contribution in [3.05, 3.63) is 128 Å². The van der Waals surface area contributed by atoms with Crippen LogP contribution < -0.4 is 0 Å². The van der Waals surface area contributed by atoms with Crippen molar-refractivity contribution in [3.8, 4) is 16.9 Å². The van der Waals surface area contributed by atoms with Gasteiger partial charge in [0.2, 0.25) is 0 Å². The molecule has 7 rings (SSSR count). The number of nitrogens with one attached hydrogen (secondary N) is 2. The lowest BCUT2D eigenvalue weighted by Gasteiger charge is -1.99. The fourth-order valence-electron chi connectivity index (χ4n) is 4.94. The summed E-state index contributed by atoms with van der Waals surface area (Å²) in [7, 11) is -4.79. The monoisotopic (exact) mass is 650 g/mol. The van der Waals surface area contributed by atoms with E-state index >= 15 is 0 Å². The zero-order valence-corrected chi connectivity index (χ0v) is 24.7. The minimum atomic E-state index is -4.79. The number of aromatic amines is 2. The summed E-state index contributed by atoms with van der Waals surface area (Å²) in [5, 5.41) is 31.8. The van der Waals surface area contributed by atoms with Crippen LogP contribution in [-0.2, 0) is 10.1 Å². The Kier molecular flexibility index (Phi) is 7.90. The molecule has 0 spiro atoms. The Bertz CT molecular complexity index is 2420. The molecule has 4 N–H and O–H groups in total. The molecule has 5 aromatic rings. The van der Waals surface area contributed by atoms with Crippen LogP contribution in [0.5, 0.6) is 5.75 Å². The summed E-state index contributed by atoms with van der Waals surface area (Å²) in [5.41, 5.74) is 6.65. The first-order valence-electron chi connectivity index (χ1n) is 13.7. The minimum Gasteiger partial charge on any atom is -0.505 e. The van der Waals surface area contributed by atoms with E-state index in [-0.39, 0.29) is 5.75 Å². The van der Waals surface area contributed by atoms with Crippen molar-refractivity contribution in [1.29, 1.82) is 0 Å². The van der Waals surface area contributed by atoms with Crippen molar-refractivity contribution in [2.24, 2.45) is 0 Å². The lowest BCUT2D eigenvalue weighted by atomic mass is 10.1. The zero-order valence-electron chi connectivity index (χ0n) is 23.9. The molecular formula is C32H22N6O8S. The fraction of sp³-hybridized carbons (Fsp3) is 0. The fourth-order valence-corrected chi connectivity index (χ4v) is 5.58. The van der Waals surface area contributed by atoms with Crippen LogP contribution in [0, 0.1) is 20.2 Å². The molecular weight excluding hydrogens is 628 g/mol. The van der Waals surface area contributed by atoms with Gasteiger partial charge in [0, 0.05) is 22.7 Å². The van der Waals surface area contributed by atoms with E-state index < -0.39 is 36.2 Å². The highest BCUT2D eigenvalue weighted by molar-refractivity contribution is 7.86. The van der Waals surface area contributed by atoms with E-state index in [1.807, 2.05) is 91.0 Å². The molecule has 47 heavy (non-hydrogen) atoms. The van der Waals surface area contributed by atoms with E-state index in [1.54, 1.807) is 0 Å². The number of hydrogen-bond acceptors (Lipinski definition) is 9. The van der Waals surface area contributed by atoms with E-state index in [0.29, 0.717) is 17.6 Å². The molecule has 14 nitrogen and oxygen atoms in total. The predicted octanol–water partition coefficient (Wildman–Crippen LogP) is 6.78. The normalized spacial score (nSPS) is 11.9. The van der Waals surface area contributed by atoms with Gasteiger partial charge < -0.3 is 15.1 Å². The topological polar surface area (TPSA) is 218 Å². The van der Waals surface area contributed by atoms with Crippen molar-refractivity contribution in [1.82, 2.24) is 19.9 Å². The first kappa shape index (κ1) is 30.6. The van der Waals surface area contributed by atoms with Gasteiger partial charge in [-0.1, -0.05) is 30.3 Å². The summed E-state index contributed by atoms with van der Waals surface area (Å²) in [4.78, 5) is 33.9.